The van der Waals surface area contributed by atoms with Crippen molar-refractivity contribution in [2.45, 2.75) is 19.4 Å². The maximum atomic E-state index is 11.2. The average Bonchev–Trinajstić information content (AvgIpc) is 2.47. The Morgan fingerprint density at radius 1 is 1.57 bits per heavy atom. The van der Waals surface area contributed by atoms with Gasteiger partial charge in [0.05, 0.1) is 18.6 Å². The standard InChI is InChI=1S/C8H15NO4S/c1-3-9(8(10)13-2)7-4-5-14(11,12)6-7/h7H,3-6H2,1-2H3/t7-/m1/s1. The zero-order valence-electron chi connectivity index (χ0n) is 8.39. The van der Waals surface area contributed by atoms with Crippen molar-refractivity contribution in [2.24, 2.45) is 0 Å². The number of amides is 1. The minimum absolute atomic E-state index is 0.0654. The van der Waals surface area contributed by atoms with Crippen LogP contribution in [0.4, 0.5) is 4.79 Å². The first kappa shape index (κ1) is 11.3. The van der Waals surface area contributed by atoms with E-state index in [1.54, 1.807) is 0 Å². The molecule has 1 heterocycles. The Hall–Kier alpha value is -0.780. The molecule has 0 aromatic rings. The molecule has 0 aliphatic carbocycles. The van der Waals surface area contributed by atoms with E-state index >= 15 is 0 Å². The van der Waals surface area contributed by atoms with E-state index in [0.717, 1.165) is 0 Å². The van der Waals surface area contributed by atoms with Gasteiger partial charge in [0.15, 0.2) is 9.84 Å². The number of ether oxygens (including phenoxy) is 1. The molecule has 0 saturated carbocycles. The van der Waals surface area contributed by atoms with Gasteiger partial charge in [-0.3, -0.25) is 0 Å². The summed E-state index contributed by atoms with van der Waals surface area (Å²) in [6.45, 7) is 2.29. The Morgan fingerprint density at radius 3 is 2.57 bits per heavy atom. The smallest absolute Gasteiger partial charge is 0.409 e. The molecule has 0 aromatic heterocycles. The zero-order chi connectivity index (χ0) is 10.8. The molecule has 0 N–H and O–H groups in total. The molecule has 6 heteroatoms. The van der Waals surface area contributed by atoms with Gasteiger partial charge in [-0.25, -0.2) is 13.2 Å². The van der Waals surface area contributed by atoms with E-state index in [1.165, 1.54) is 12.0 Å². The minimum Gasteiger partial charge on any atom is -0.453 e. The molecule has 0 spiro atoms. The Bertz CT molecular complexity index is 311. The summed E-state index contributed by atoms with van der Waals surface area (Å²) in [4.78, 5) is 12.7. The van der Waals surface area contributed by atoms with Crippen molar-refractivity contribution >= 4 is 15.9 Å². The highest BCUT2D eigenvalue weighted by Gasteiger charge is 2.34. The first-order valence-corrected chi connectivity index (χ1v) is 6.37. The first-order chi connectivity index (χ1) is 6.50. The lowest BCUT2D eigenvalue weighted by molar-refractivity contribution is 0.112. The van der Waals surface area contributed by atoms with Gasteiger partial charge in [0.1, 0.15) is 0 Å². The Balaban J connectivity index is 2.69. The van der Waals surface area contributed by atoms with Crippen molar-refractivity contribution in [1.29, 1.82) is 0 Å². The average molecular weight is 221 g/mol. The van der Waals surface area contributed by atoms with Gasteiger partial charge >= 0.3 is 6.09 Å². The van der Waals surface area contributed by atoms with Crippen LogP contribution >= 0.6 is 0 Å². The van der Waals surface area contributed by atoms with Crippen LogP contribution < -0.4 is 0 Å². The Kier molecular flexibility index (Phi) is 3.36. The van der Waals surface area contributed by atoms with Gasteiger partial charge in [0, 0.05) is 12.6 Å². The molecule has 0 aromatic carbocycles. The summed E-state index contributed by atoms with van der Waals surface area (Å²) >= 11 is 0. The molecule has 1 rings (SSSR count). The summed E-state index contributed by atoms with van der Waals surface area (Å²) in [5.74, 6) is 0.237. The maximum Gasteiger partial charge on any atom is 0.409 e. The Morgan fingerprint density at radius 2 is 2.21 bits per heavy atom. The largest absolute Gasteiger partial charge is 0.453 e. The van der Waals surface area contributed by atoms with Gasteiger partial charge in [0.25, 0.3) is 0 Å². The highest BCUT2D eigenvalue weighted by Crippen LogP contribution is 2.18. The van der Waals surface area contributed by atoms with E-state index in [9.17, 15) is 13.2 Å². The van der Waals surface area contributed by atoms with Crippen molar-refractivity contribution in [3.05, 3.63) is 0 Å². The topological polar surface area (TPSA) is 63.7 Å². The minimum atomic E-state index is -2.94. The van der Waals surface area contributed by atoms with E-state index in [-0.39, 0.29) is 17.5 Å². The molecule has 82 valence electrons. The van der Waals surface area contributed by atoms with Crippen molar-refractivity contribution in [3.63, 3.8) is 0 Å². The van der Waals surface area contributed by atoms with Gasteiger partial charge in [-0.05, 0) is 13.3 Å². The quantitative estimate of drug-likeness (QED) is 0.671. The molecule has 1 aliphatic heterocycles. The predicted octanol–water partition coefficient (Wildman–Crippen LogP) is 0.262. The SMILES string of the molecule is CCN(C(=O)OC)[C@@H]1CCS(=O)(=O)C1. The lowest BCUT2D eigenvalue weighted by atomic mass is 10.2. The molecule has 1 saturated heterocycles. The summed E-state index contributed by atoms with van der Waals surface area (Å²) in [5, 5.41) is 0. The lowest BCUT2D eigenvalue weighted by Crippen LogP contribution is -2.40. The second kappa shape index (κ2) is 4.16. The summed E-state index contributed by atoms with van der Waals surface area (Å²) in [7, 11) is -1.64. The summed E-state index contributed by atoms with van der Waals surface area (Å²) < 4.78 is 27.0. The molecule has 0 unspecified atom stereocenters. The predicted molar refractivity (Wildman–Crippen MR) is 51.8 cm³/mol. The molecule has 1 aliphatic rings. The number of sulfone groups is 1. The highest BCUT2D eigenvalue weighted by molar-refractivity contribution is 7.91. The molecule has 0 radical (unpaired) electrons. The van der Waals surface area contributed by atoms with Crippen LogP contribution in [0.3, 0.4) is 0 Å². The number of hydrogen-bond donors (Lipinski definition) is 0. The van der Waals surface area contributed by atoms with Crippen LogP contribution in [0.5, 0.6) is 0 Å². The third kappa shape index (κ3) is 2.37. The third-order valence-electron chi connectivity index (χ3n) is 2.40. The van der Waals surface area contributed by atoms with Crippen molar-refractivity contribution in [1.82, 2.24) is 4.90 Å². The number of hydrogen-bond acceptors (Lipinski definition) is 4. The van der Waals surface area contributed by atoms with E-state index in [1.807, 2.05) is 6.92 Å². The fourth-order valence-corrected chi connectivity index (χ4v) is 3.41. The van der Waals surface area contributed by atoms with E-state index in [0.29, 0.717) is 13.0 Å². The molecule has 0 bridgehead atoms. The number of rotatable bonds is 2. The number of carbonyl (C=O) groups is 1. The third-order valence-corrected chi connectivity index (χ3v) is 4.15. The molecule has 1 amide bonds. The Labute approximate surface area is 83.9 Å². The first-order valence-electron chi connectivity index (χ1n) is 4.55. The van der Waals surface area contributed by atoms with Crippen LogP contribution in [0.1, 0.15) is 13.3 Å². The van der Waals surface area contributed by atoms with Gasteiger partial charge in [0.2, 0.25) is 0 Å². The molecule has 1 atom stereocenters. The van der Waals surface area contributed by atoms with Crippen LogP contribution in [0.15, 0.2) is 0 Å². The molecule has 14 heavy (non-hydrogen) atoms. The van der Waals surface area contributed by atoms with Crippen LogP contribution in [0.25, 0.3) is 0 Å². The summed E-state index contributed by atoms with van der Waals surface area (Å²) in [6.07, 6.45) is 0.0697. The van der Waals surface area contributed by atoms with Gasteiger partial charge < -0.3 is 9.64 Å². The molecular formula is C8H15NO4S. The van der Waals surface area contributed by atoms with Crippen LogP contribution in [0.2, 0.25) is 0 Å². The van der Waals surface area contributed by atoms with Crippen molar-refractivity contribution < 1.29 is 17.9 Å². The number of methoxy groups -OCH3 is 1. The maximum absolute atomic E-state index is 11.2. The molecule has 1 fully saturated rings. The normalized spacial score (nSPS) is 24.6. The second-order valence-corrected chi connectivity index (χ2v) is 5.54. The van der Waals surface area contributed by atoms with Gasteiger partial charge in [-0.2, -0.15) is 0 Å². The van der Waals surface area contributed by atoms with Gasteiger partial charge in [-0.1, -0.05) is 0 Å². The number of nitrogens with zero attached hydrogens (tertiary/aromatic N) is 1. The molecular weight excluding hydrogens is 206 g/mol. The van der Waals surface area contributed by atoms with Crippen LogP contribution in [-0.2, 0) is 14.6 Å². The fourth-order valence-electron chi connectivity index (χ4n) is 1.67. The van der Waals surface area contributed by atoms with Crippen LogP contribution in [-0.4, -0.2) is 50.6 Å². The van der Waals surface area contributed by atoms with Crippen LogP contribution in [0, 0.1) is 0 Å². The van der Waals surface area contributed by atoms with E-state index in [2.05, 4.69) is 4.74 Å². The second-order valence-electron chi connectivity index (χ2n) is 3.31. The number of carbonyl (C=O) groups excluding carboxylic acids is 1. The lowest BCUT2D eigenvalue weighted by Gasteiger charge is -2.24. The molecule has 5 nitrogen and oxygen atoms in total. The van der Waals surface area contributed by atoms with Gasteiger partial charge in [-0.15, -0.1) is 0 Å². The highest BCUT2D eigenvalue weighted by atomic mass is 32.2. The summed E-state index contributed by atoms with van der Waals surface area (Å²) in [5.41, 5.74) is 0. The fraction of sp³-hybridized carbons (Fsp3) is 0.875. The van der Waals surface area contributed by atoms with Crippen molar-refractivity contribution in [3.8, 4) is 0 Å². The summed E-state index contributed by atoms with van der Waals surface area (Å²) in [6, 6.07) is -0.211. The van der Waals surface area contributed by atoms with E-state index < -0.39 is 15.9 Å². The van der Waals surface area contributed by atoms with Crippen molar-refractivity contribution in [2.75, 3.05) is 25.2 Å². The van der Waals surface area contributed by atoms with E-state index in [4.69, 9.17) is 0 Å². The monoisotopic (exact) mass is 221 g/mol. The zero-order valence-corrected chi connectivity index (χ0v) is 9.21.